The molecule has 10 rings (SSSR count). The number of Topliss-reactive ketones (excluding diaryl/α,β-unsaturated/α-hetero) is 2. The lowest BCUT2D eigenvalue weighted by molar-refractivity contribution is -0.176. The first-order valence-corrected chi connectivity index (χ1v) is 21.3. The summed E-state index contributed by atoms with van der Waals surface area (Å²) in [6.07, 6.45) is 5.16. The minimum absolute atomic E-state index is 0.109. The predicted octanol–water partition coefficient (Wildman–Crippen LogP) is 8.49. The Hall–Kier alpha value is -7.74. The predicted molar refractivity (Wildman–Crippen MR) is 235 cm³/mol. The Bertz CT molecular complexity index is 2850. The van der Waals surface area contributed by atoms with Crippen molar-refractivity contribution in [3.8, 4) is 11.5 Å². The van der Waals surface area contributed by atoms with Gasteiger partial charge in [-0.2, -0.15) is 0 Å². The van der Waals surface area contributed by atoms with E-state index < -0.39 is 36.0 Å². The van der Waals surface area contributed by atoms with Crippen molar-refractivity contribution in [3.05, 3.63) is 167 Å². The Labute approximate surface area is 367 Å². The number of aromatic nitrogens is 6. The van der Waals surface area contributed by atoms with Crippen molar-refractivity contribution in [1.82, 2.24) is 29.1 Å². The summed E-state index contributed by atoms with van der Waals surface area (Å²) < 4.78 is 28.1. The summed E-state index contributed by atoms with van der Waals surface area (Å²) in [5.74, 6) is -1.35. The molecule has 0 fully saturated rings. The number of rotatable bonds is 12. The van der Waals surface area contributed by atoms with Crippen LogP contribution in [0.5, 0.6) is 11.5 Å². The highest BCUT2D eigenvalue weighted by Crippen LogP contribution is 2.43. The maximum absolute atomic E-state index is 14.4. The number of aryl methyl sites for hydroxylation is 2. The van der Waals surface area contributed by atoms with E-state index in [9.17, 15) is 19.2 Å². The van der Waals surface area contributed by atoms with Crippen molar-refractivity contribution in [2.24, 2.45) is 11.8 Å². The summed E-state index contributed by atoms with van der Waals surface area (Å²) in [6, 6.07) is 30.4. The monoisotopic (exact) mass is 856 g/mol. The second-order valence-corrected chi connectivity index (χ2v) is 16.4. The maximum atomic E-state index is 14.4. The number of esters is 2. The smallest absolute Gasteiger partial charge is 0.418 e. The van der Waals surface area contributed by atoms with Crippen LogP contribution in [0.15, 0.2) is 122 Å². The fourth-order valence-electron chi connectivity index (χ4n) is 8.99. The normalized spacial score (nSPS) is 18.2. The van der Waals surface area contributed by atoms with Crippen LogP contribution in [0, 0.1) is 25.7 Å². The number of imidazole rings is 2. The number of hydrogen-bond donors (Lipinski definition) is 2. The van der Waals surface area contributed by atoms with Gasteiger partial charge in [0.1, 0.15) is 48.6 Å². The van der Waals surface area contributed by atoms with Crippen molar-refractivity contribution >= 4 is 45.3 Å². The SMILES string of the molecule is Cc1nccn1CC1CC(OC(=O)C(=O)OC2CC(Cn3ccnc3C)C(=O)c3c2[nH]c2ccc(OCc4ccccc4)cc32)c2[nH]c3ccc(OCc4ccccc4)cc3c2C1=O. The molecule has 4 unspecified atom stereocenters. The van der Waals surface area contributed by atoms with Crippen molar-refractivity contribution in [3.63, 3.8) is 0 Å². The highest BCUT2D eigenvalue weighted by Gasteiger charge is 2.43. The largest absolute Gasteiger partial charge is 0.489 e. The zero-order chi connectivity index (χ0) is 43.9. The van der Waals surface area contributed by atoms with Crippen molar-refractivity contribution in [2.45, 2.75) is 65.2 Å². The number of nitrogens with zero attached hydrogens (tertiary/aromatic N) is 4. The van der Waals surface area contributed by atoms with Gasteiger partial charge in [-0.25, -0.2) is 19.6 Å². The van der Waals surface area contributed by atoms with Crippen LogP contribution in [0.2, 0.25) is 0 Å². The van der Waals surface area contributed by atoms with Gasteiger partial charge < -0.3 is 38.0 Å². The molecule has 0 saturated heterocycles. The van der Waals surface area contributed by atoms with Crippen LogP contribution in [-0.2, 0) is 45.4 Å². The molecule has 0 radical (unpaired) electrons. The second kappa shape index (κ2) is 16.9. The Balaban J connectivity index is 0.934. The zero-order valence-electron chi connectivity index (χ0n) is 35.2. The second-order valence-electron chi connectivity index (χ2n) is 16.4. The van der Waals surface area contributed by atoms with E-state index in [1.165, 1.54) is 0 Å². The number of fused-ring (bicyclic) bond motifs is 6. The first-order chi connectivity index (χ1) is 31.2. The molecule has 14 nitrogen and oxygen atoms in total. The highest BCUT2D eigenvalue weighted by molar-refractivity contribution is 6.30. The van der Waals surface area contributed by atoms with Gasteiger partial charge >= 0.3 is 11.9 Å². The fraction of sp³-hybridized carbons (Fsp3) is 0.240. The van der Waals surface area contributed by atoms with Gasteiger partial charge in [-0.3, -0.25) is 9.59 Å². The molecular weight excluding hydrogens is 813 g/mol. The van der Waals surface area contributed by atoms with E-state index in [-0.39, 0.29) is 37.5 Å². The van der Waals surface area contributed by atoms with Gasteiger partial charge in [0.25, 0.3) is 0 Å². The van der Waals surface area contributed by atoms with Crippen LogP contribution < -0.4 is 9.47 Å². The Morgan fingerprint density at radius 1 is 0.609 bits per heavy atom. The Morgan fingerprint density at radius 2 is 1.03 bits per heavy atom. The first kappa shape index (κ1) is 40.3. The molecule has 4 aromatic heterocycles. The van der Waals surface area contributed by atoms with Gasteiger partial charge in [0.2, 0.25) is 0 Å². The van der Waals surface area contributed by atoms with Gasteiger partial charge in [0, 0.05) is 84.4 Å². The molecule has 2 aliphatic carbocycles. The molecule has 4 atom stereocenters. The summed E-state index contributed by atoms with van der Waals surface area (Å²) in [5, 5.41) is 1.24. The molecule has 14 heteroatoms. The van der Waals surface area contributed by atoms with Crippen LogP contribution in [-0.4, -0.2) is 52.6 Å². The van der Waals surface area contributed by atoms with E-state index in [2.05, 4.69) is 19.9 Å². The lowest BCUT2D eigenvalue weighted by atomic mass is 9.83. The molecule has 322 valence electrons. The molecule has 0 amide bonds. The number of hydrogen-bond acceptors (Lipinski definition) is 10. The molecule has 4 aromatic carbocycles. The van der Waals surface area contributed by atoms with Gasteiger partial charge in [-0.1, -0.05) is 60.7 Å². The molecular formula is C50H44N6O8. The van der Waals surface area contributed by atoms with Crippen molar-refractivity contribution in [1.29, 1.82) is 0 Å². The number of benzene rings is 4. The first-order valence-electron chi connectivity index (χ1n) is 21.3. The number of nitrogens with one attached hydrogen (secondary N) is 2. The third-order valence-electron chi connectivity index (χ3n) is 12.3. The third kappa shape index (κ3) is 7.82. The average Bonchev–Trinajstić information content (AvgIpc) is 4.11. The van der Waals surface area contributed by atoms with Gasteiger partial charge in [0.05, 0.1) is 22.5 Å². The highest BCUT2D eigenvalue weighted by atomic mass is 16.6. The molecule has 64 heavy (non-hydrogen) atoms. The van der Waals surface area contributed by atoms with E-state index in [0.717, 1.165) is 22.8 Å². The number of ketones is 2. The van der Waals surface area contributed by atoms with Gasteiger partial charge in [-0.05, 0) is 61.4 Å². The summed E-state index contributed by atoms with van der Waals surface area (Å²) >= 11 is 0. The van der Waals surface area contributed by atoms with Gasteiger partial charge in [0.15, 0.2) is 11.6 Å². The standard InChI is InChI=1S/C50H44N6O8/c1-29-51-17-19-55(29)25-33-21-41(45-43(47(33)57)37-23-35(13-15-39(37)53-45)61-27-31-9-5-3-6-10-31)63-49(59)50(60)64-42-22-34(26-56-20-18-52-30(56)2)48(58)44-38-24-36(14-16-40(38)54-46(42)44)62-28-32-11-7-4-8-12-32/h3-20,23-24,33-34,41-42,53-54H,21-22,25-28H2,1-2H3. The molecule has 8 aromatic rings. The van der Waals surface area contributed by atoms with E-state index >= 15 is 0 Å². The molecule has 2 N–H and O–H groups in total. The molecule has 0 bridgehead atoms. The zero-order valence-corrected chi connectivity index (χ0v) is 35.2. The molecule has 0 spiro atoms. The number of H-pyrrole nitrogens is 2. The Kier molecular flexibility index (Phi) is 10.6. The van der Waals surface area contributed by atoms with Crippen LogP contribution in [0.4, 0.5) is 0 Å². The number of ether oxygens (including phenoxy) is 4. The summed E-state index contributed by atoms with van der Waals surface area (Å²) in [4.78, 5) is 72.0. The lowest BCUT2D eigenvalue weighted by Gasteiger charge is -2.30. The van der Waals surface area contributed by atoms with Crippen molar-refractivity contribution < 1.29 is 38.1 Å². The minimum Gasteiger partial charge on any atom is -0.489 e. The van der Waals surface area contributed by atoms with Gasteiger partial charge in [-0.15, -0.1) is 0 Å². The van der Waals surface area contributed by atoms with Crippen LogP contribution >= 0.6 is 0 Å². The van der Waals surface area contributed by atoms with E-state index in [0.29, 0.717) is 69.0 Å². The van der Waals surface area contributed by atoms with Crippen LogP contribution in [0.1, 0.15) is 79.9 Å². The van der Waals surface area contributed by atoms with E-state index in [4.69, 9.17) is 18.9 Å². The van der Waals surface area contributed by atoms with Crippen LogP contribution in [0.3, 0.4) is 0 Å². The lowest BCUT2D eigenvalue weighted by Crippen LogP contribution is -2.34. The Morgan fingerprint density at radius 3 is 1.42 bits per heavy atom. The number of carbonyl (C=O) groups excluding carboxylic acids is 4. The molecule has 0 aliphatic heterocycles. The number of aromatic amines is 2. The maximum Gasteiger partial charge on any atom is 0.418 e. The van der Waals surface area contributed by atoms with Crippen molar-refractivity contribution in [2.75, 3.05) is 0 Å². The third-order valence-corrected chi connectivity index (χ3v) is 12.3. The van der Waals surface area contributed by atoms with E-state index in [1.54, 1.807) is 24.8 Å². The van der Waals surface area contributed by atoms with E-state index in [1.807, 2.05) is 120 Å². The fourth-order valence-corrected chi connectivity index (χ4v) is 8.99. The molecule has 2 aliphatic rings. The summed E-state index contributed by atoms with van der Waals surface area (Å²) in [6.45, 7) is 4.95. The summed E-state index contributed by atoms with van der Waals surface area (Å²) in [5.41, 5.74) is 4.82. The number of carbonyl (C=O) groups is 4. The quantitative estimate of drug-likeness (QED) is 0.0897. The average molecular weight is 857 g/mol. The summed E-state index contributed by atoms with van der Waals surface area (Å²) in [7, 11) is 0. The van der Waals surface area contributed by atoms with Crippen LogP contribution in [0.25, 0.3) is 21.8 Å². The topological polar surface area (TPSA) is 172 Å². The molecule has 4 heterocycles. The molecule has 0 saturated carbocycles. The minimum atomic E-state index is -1.22.